The van der Waals surface area contributed by atoms with E-state index in [2.05, 4.69) is 58.9 Å². The Morgan fingerprint density at radius 1 is 0.964 bits per heavy atom. The molecule has 1 aliphatic heterocycles. The summed E-state index contributed by atoms with van der Waals surface area (Å²) in [5.74, 6) is 0.0583. The summed E-state index contributed by atoms with van der Waals surface area (Å²) in [7, 11) is 0. The molecule has 0 aromatic heterocycles. The first-order chi connectivity index (χ1) is 13.1. The van der Waals surface area contributed by atoms with Gasteiger partial charge in [0.2, 0.25) is 0 Å². The Kier molecular flexibility index (Phi) is 5.22. The fraction of sp³-hybridized carbons (Fsp3) is 0.440. The Balaban J connectivity index is 1.91. The van der Waals surface area contributed by atoms with Crippen molar-refractivity contribution in [3.63, 3.8) is 0 Å². The van der Waals surface area contributed by atoms with E-state index in [0.29, 0.717) is 11.1 Å². The first-order valence-corrected chi connectivity index (χ1v) is 10.1. The van der Waals surface area contributed by atoms with E-state index in [9.17, 15) is 9.59 Å². The third-order valence-corrected chi connectivity index (χ3v) is 7.33. The van der Waals surface area contributed by atoms with Crippen molar-refractivity contribution in [2.45, 2.75) is 59.4 Å². The molecule has 1 amide bonds. The number of Topliss-reactive ketones (excluding diaryl/α,β-unsaturated/α-hetero) is 1. The average Bonchev–Trinajstić information content (AvgIpc) is 2.66. The van der Waals surface area contributed by atoms with Gasteiger partial charge >= 0.3 is 0 Å². The van der Waals surface area contributed by atoms with Crippen LogP contribution in [0.1, 0.15) is 72.9 Å². The zero-order valence-corrected chi connectivity index (χ0v) is 17.9. The number of carbonyl (C=O) groups is 2. The molecule has 0 radical (unpaired) electrons. The number of benzene rings is 2. The molecule has 0 N–H and O–H groups in total. The number of nitrogens with zero attached hydrogens (tertiary/aromatic N) is 1. The Labute approximate surface area is 168 Å². The average molecular weight is 378 g/mol. The summed E-state index contributed by atoms with van der Waals surface area (Å²) < 4.78 is 0. The summed E-state index contributed by atoms with van der Waals surface area (Å²) in [6, 6.07) is 15.7. The van der Waals surface area contributed by atoms with E-state index < -0.39 is 0 Å². The first-order valence-electron chi connectivity index (χ1n) is 10.1. The van der Waals surface area contributed by atoms with Crippen LogP contribution in [-0.2, 0) is 5.41 Å². The molecular weight excluding hydrogens is 346 g/mol. The van der Waals surface area contributed by atoms with E-state index in [-0.39, 0.29) is 28.6 Å². The highest BCUT2D eigenvalue weighted by atomic mass is 16.2. The summed E-state index contributed by atoms with van der Waals surface area (Å²) in [6.45, 7) is 13.5. The second kappa shape index (κ2) is 7.20. The lowest BCUT2D eigenvalue weighted by Crippen LogP contribution is -2.60. The van der Waals surface area contributed by atoms with Gasteiger partial charge in [-0.2, -0.15) is 0 Å². The second-order valence-corrected chi connectivity index (χ2v) is 8.93. The fourth-order valence-corrected chi connectivity index (χ4v) is 4.68. The molecule has 28 heavy (non-hydrogen) atoms. The summed E-state index contributed by atoms with van der Waals surface area (Å²) in [6.07, 6.45) is 0.923. The Morgan fingerprint density at radius 3 is 2.11 bits per heavy atom. The molecule has 3 rings (SSSR count). The highest BCUT2D eigenvalue weighted by Gasteiger charge is 2.52. The van der Waals surface area contributed by atoms with E-state index in [1.165, 1.54) is 11.1 Å². The van der Waals surface area contributed by atoms with Crippen LogP contribution in [0.15, 0.2) is 48.5 Å². The van der Waals surface area contributed by atoms with Crippen molar-refractivity contribution in [3.05, 3.63) is 70.8 Å². The zero-order valence-electron chi connectivity index (χ0n) is 17.9. The van der Waals surface area contributed by atoms with Gasteiger partial charge < -0.3 is 4.90 Å². The Morgan fingerprint density at radius 2 is 1.54 bits per heavy atom. The molecule has 148 valence electrons. The van der Waals surface area contributed by atoms with Crippen LogP contribution in [0.2, 0.25) is 0 Å². The van der Waals surface area contributed by atoms with Gasteiger partial charge in [0.05, 0.1) is 0 Å². The molecule has 0 unspecified atom stereocenters. The minimum atomic E-state index is -0.0909. The van der Waals surface area contributed by atoms with E-state index in [1.54, 1.807) is 31.2 Å². The van der Waals surface area contributed by atoms with Crippen LogP contribution in [0, 0.1) is 12.3 Å². The molecule has 1 aliphatic rings. The van der Waals surface area contributed by atoms with Crippen molar-refractivity contribution in [2.24, 2.45) is 5.41 Å². The molecule has 1 heterocycles. The van der Waals surface area contributed by atoms with Crippen LogP contribution in [0.25, 0.3) is 0 Å². The number of hydrogen-bond donors (Lipinski definition) is 0. The molecule has 0 bridgehead atoms. The van der Waals surface area contributed by atoms with Crippen molar-refractivity contribution in [2.75, 3.05) is 6.54 Å². The maximum Gasteiger partial charge on any atom is 0.254 e. The summed E-state index contributed by atoms with van der Waals surface area (Å²) >= 11 is 0. The van der Waals surface area contributed by atoms with Crippen LogP contribution in [0.5, 0.6) is 0 Å². The van der Waals surface area contributed by atoms with Crippen molar-refractivity contribution in [1.29, 1.82) is 0 Å². The highest BCUT2D eigenvalue weighted by molar-refractivity contribution is 5.98. The highest BCUT2D eigenvalue weighted by Crippen LogP contribution is 2.51. The smallest absolute Gasteiger partial charge is 0.254 e. The quantitative estimate of drug-likeness (QED) is 0.670. The number of ketones is 1. The van der Waals surface area contributed by atoms with Gasteiger partial charge in [0.15, 0.2) is 5.78 Å². The van der Waals surface area contributed by atoms with Gasteiger partial charge in [-0.05, 0) is 55.9 Å². The topological polar surface area (TPSA) is 37.4 Å². The minimum Gasteiger partial charge on any atom is -0.335 e. The fourth-order valence-electron chi connectivity index (χ4n) is 4.68. The van der Waals surface area contributed by atoms with Crippen LogP contribution in [0.3, 0.4) is 0 Å². The summed E-state index contributed by atoms with van der Waals surface area (Å²) in [4.78, 5) is 26.7. The maximum atomic E-state index is 13.2. The maximum absolute atomic E-state index is 13.2. The van der Waals surface area contributed by atoms with Crippen LogP contribution < -0.4 is 0 Å². The van der Waals surface area contributed by atoms with E-state index in [1.807, 2.05) is 4.90 Å². The minimum absolute atomic E-state index is 0.00692. The number of piperidine rings is 1. The lowest BCUT2D eigenvalue weighted by atomic mass is 9.55. The third kappa shape index (κ3) is 3.17. The van der Waals surface area contributed by atoms with Crippen molar-refractivity contribution in [1.82, 2.24) is 4.90 Å². The van der Waals surface area contributed by atoms with E-state index >= 15 is 0 Å². The van der Waals surface area contributed by atoms with Gasteiger partial charge in [-0.3, -0.25) is 9.59 Å². The van der Waals surface area contributed by atoms with Crippen LogP contribution >= 0.6 is 0 Å². The molecule has 1 fully saturated rings. The van der Waals surface area contributed by atoms with Crippen molar-refractivity contribution < 1.29 is 9.59 Å². The number of hydrogen-bond acceptors (Lipinski definition) is 2. The van der Waals surface area contributed by atoms with Crippen LogP contribution in [-0.4, -0.2) is 29.2 Å². The Bertz CT molecular complexity index is 897. The van der Waals surface area contributed by atoms with Gasteiger partial charge in [-0.25, -0.2) is 0 Å². The number of aryl methyl sites for hydroxylation is 1. The first kappa shape index (κ1) is 20.3. The van der Waals surface area contributed by atoms with Gasteiger partial charge in [-0.1, -0.05) is 57.2 Å². The van der Waals surface area contributed by atoms with E-state index in [0.717, 1.165) is 13.0 Å². The molecule has 3 heteroatoms. The molecular formula is C25H31NO2. The third-order valence-electron chi connectivity index (χ3n) is 7.33. The summed E-state index contributed by atoms with van der Waals surface area (Å²) in [5, 5.41) is 0. The standard InChI is InChI=1S/C25H31NO2/c1-17-9-7-8-10-22(17)25(6)15-16-26(19(3)24(25,4)5)23(28)21-13-11-20(12-14-21)18(2)27/h7-14,19H,15-16H2,1-6H3/t19-,25+/m1/s1. The monoisotopic (exact) mass is 377 g/mol. The van der Waals surface area contributed by atoms with E-state index in [4.69, 9.17) is 0 Å². The molecule has 0 aliphatic carbocycles. The molecule has 1 saturated heterocycles. The molecule has 2 aromatic rings. The summed E-state index contributed by atoms with van der Waals surface area (Å²) in [5.41, 5.74) is 3.87. The molecule has 0 spiro atoms. The second-order valence-electron chi connectivity index (χ2n) is 8.93. The zero-order chi connectivity index (χ0) is 20.7. The van der Waals surface area contributed by atoms with Gasteiger partial charge in [0.1, 0.15) is 0 Å². The number of rotatable bonds is 3. The lowest BCUT2D eigenvalue weighted by Gasteiger charge is -2.56. The van der Waals surface area contributed by atoms with Crippen molar-refractivity contribution >= 4 is 11.7 Å². The largest absolute Gasteiger partial charge is 0.335 e. The molecule has 2 aromatic carbocycles. The molecule has 3 nitrogen and oxygen atoms in total. The molecule has 2 atom stereocenters. The predicted octanol–water partition coefficient (Wildman–Crippen LogP) is 5.42. The predicted molar refractivity (Wildman–Crippen MR) is 114 cm³/mol. The lowest BCUT2D eigenvalue weighted by molar-refractivity contribution is -0.00991. The number of likely N-dealkylation sites (tertiary alicyclic amines) is 1. The van der Waals surface area contributed by atoms with Gasteiger partial charge in [-0.15, -0.1) is 0 Å². The van der Waals surface area contributed by atoms with Crippen molar-refractivity contribution in [3.8, 4) is 0 Å². The SMILES string of the molecule is CC(=O)c1ccc(C(=O)N2CC[C@@](C)(c3ccccc3C)C(C)(C)[C@H]2C)cc1. The van der Waals surface area contributed by atoms with Gasteiger partial charge in [0, 0.05) is 29.1 Å². The number of carbonyl (C=O) groups excluding carboxylic acids is 2. The van der Waals surface area contributed by atoms with Gasteiger partial charge in [0.25, 0.3) is 5.91 Å². The molecule has 0 saturated carbocycles. The Hall–Kier alpha value is -2.42. The normalized spacial score (nSPS) is 24.1. The number of amides is 1. The van der Waals surface area contributed by atoms with Crippen LogP contribution in [0.4, 0.5) is 0 Å².